The van der Waals surface area contributed by atoms with Gasteiger partial charge in [-0.15, -0.1) is 0 Å². The highest BCUT2D eigenvalue weighted by Crippen LogP contribution is 2.17. The standard InChI is InChI=1S/C11H17N3O2/c1-11(2,3)6-14-9-4-7(10(15)16)8(12)5-13-9/h4-5H,6,12H2,1-3H3,(H,13,14)(H,15,16). The highest BCUT2D eigenvalue weighted by molar-refractivity contribution is 5.94. The topological polar surface area (TPSA) is 88.2 Å². The van der Waals surface area contributed by atoms with Crippen LogP contribution in [0.15, 0.2) is 12.3 Å². The second kappa shape index (κ2) is 4.38. The van der Waals surface area contributed by atoms with Crippen LogP contribution in [0.4, 0.5) is 11.5 Å². The lowest BCUT2D eigenvalue weighted by Gasteiger charge is -2.19. The number of carbonyl (C=O) groups is 1. The molecule has 16 heavy (non-hydrogen) atoms. The van der Waals surface area contributed by atoms with E-state index in [2.05, 4.69) is 31.1 Å². The van der Waals surface area contributed by atoms with E-state index in [1.165, 1.54) is 12.3 Å². The maximum Gasteiger partial charge on any atom is 0.337 e. The fourth-order valence-electron chi connectivity index (χ4n) is 1.10. The molecular weight excluding hydrogens is 206 g/mol. The summed E-state index contributed by atoms with van der Waals surface area (Å²) in [4.78, 5) is 14.9. The van der Waals surface area contributed by atoms with Crippen LogP contribution in [0.2, 0.25) is 0 Å². The highest BCUT2D eigenvalue weighted by atomic mass is 16.4. The van der Waals surface area contributed by atoms with E-state index >= 15 is 0 Å². The first kappa shape index (κ1) is 12.3. The minimum absolute atomic E-state index is 0.0754. The van der Waals surface area contributed by atoms with Gasteiger partial charge in [0.05, 0.1) is 17.4 Å². The molecule has 1 rings (SSSR count). The molecule has 0 fully saturated rings. The summed E-state index contributed by atoms with van der Waals surface area (Å²) in [7, 11) is 0. The van der Waals surface area contributed by atoms with E-state index in [4.69, 9.17) is 10.8 Å². The van der Waals surface area contributed by atoms with Gasteiger partial charge in [-0.25, -0.2) is 9.78 Å². The monoisotopic (exact) mass is 223 g/mol. The first-order valence-corrected chi connectivity index (χ1v) is 5.02. The average molecular weight is 223 g/mol. The van der Waals surface area contributed by atoms with Crippen molar-refractivity contribution >= 4 is 17.5 Å². The second-order valence-electron chi connectivity index (χ2n) is 4.88. The molecule has 5 heteroatoms. The van der Waals surface area contributed by atoms with Crippen molar-refractivity contribution in [2.75, 3.05) is 17.6 Å². The number of nitrogens with one attached hydrogen (secondary N) is 1. The van der Waals surface area contributed by atoms with Crippen molar-refractivity contribution in [3.63, 3.8) is 0 Å². The van der Waals surface area contributed by atoms with Crippen molar-refractivity contribution < 1.29 is 9.90 Å². The Balaban J connectivity index is 2.83. The molecule has 1 aromatic rings. The number of pyridine rings is 1. The zero-order valence-electron chi connectivity index (χ0n) is 9.74. The van der Waals surface area contributed by atoms with Gasteiger partial charge in [-0.1, -0.05) is 20.8 Å². The molecule has 0 atom stereocenters. The summed E-state index contributed by atoms with van der Waals surface area (Å²) in [6.45, 7) is 6.95. The molecule has 4 N–H and O–H groups in total. The number of hydrogen-bond acceptors (Lipinski definition) is 4. The van der Waals surface area contributed by atoms with Gasteiger partial charge in [0.15, 0.2) is 0 Å². The fraction of sp³-hybridized carbons (Fsp3) is 0.455. The number of anilines is 2. The van der Waals surface area contributed by atoms with E-state index in [-0.39, 0.29) is 16.7 Å². The number of aromatic nitrogens is 1. The molecule has 0 spiro atoms. The third kappa shape index (κ3) is 3.42. The van der Waals surface area contributed by atoms with E-state index in [1.54, 1.807) is 0 Å². The number of rotatable bonds is 3. The summed E-state index contributed by atoms with van der Waals surface area (Å²) >= 11 is 0. The van der Waals surface area contributed by atoms with Crippen LogP contribution in [0, 0.1) is 5.41 Å². The van der Waals surface area contributed by atoms with E-state index in [0.29, 0.717) is 12.4 Å². The van der Waals surface area contributed by atoms with Gasteiger partial charge in [0.25, 0.3) is 0 Å². The lowest BCUT2D eigenvalue weighted by atomic mass is 9.97. The predicted octanol–water partition coefficient (Wildman–Crippen LogP) is 1.82. The molecule has 0 unspecified atom stereocenters. The summed E-state index contributed by atoms with van der Waals surface area (Å²) in [5.41, 5.74) is 5.86. The number of carboxylic acids is 1. The first-order valence-electron chi connectivity index (χ1n) is 5.02. The smallest absolute Gasteiger partial charge is 0.337 e. The summed E-state index contributed by atoms with van der Waals surface area (Å²) < 4.78 is 0. The Hall–Kier alpha value is -1.78. The predicted molar refractivity (Wildman–Crippen MR) is 63.6 cm³/mol. The Morgan fingerprint density at radius 3 is 2.69 bits per heavy atom. The largest absolute Gasteiger partial charge is 0.478 e. The minimum atomic E-state index is -1.04. The van der Waals surface area contributed by atoms with Crippen molar-refractivity contribution in [1.29, 1.82) is 0 Å². The van der Waals surface area contributed by atoms with Gasteiger partial charge in [0.2, 0.25) is 0 Å². The van der Waals surface area contributed by atoms with Crippen LogP contribution in [0.25, 0.3) is 0 Å². The molecular formula is C11H17N3O2. The Kier molecular flexibility index (Phi) is 3.37. The molecule has 0 saturated carbocycles. The number of nitrogens with zero attached hydrogens (tertiary/aromatic N) is 1. The molecule has 0 bridgehead atoms. The summed E-state index contributed by atoms with van der Waals surface area (Å²) in [5, 5.41) is 12.0. The van der Waals surface area contributed by atoms with Gasteiger partial charge in [-0.05, 0) is 11.5 Å². The van der Waals surface area contributed by atoms with Crippen LogP contribution in [-0.4, -0.2) is 22.6 Å². The number of nitrogen functional groups attached to an aromatic ring is 1. The molecule has 0 amide bonds. The maximum absolute atomic E-state index is 10.8. The molecule has 0 radical (unpaired) electrons. The minimum Gasteiger partial charge on any atom is -0.478 e. The van der Waals surface area contributed by atoms with Gasteiger partial charge in [-0.3, -0.25) is 0 Å². The molecule has 5 nitrogen and oxygen atoms in total. The van der Waals surface area contributed by atoms with E-state index in [9.17, 15) is 4.79 Å². The van der Waals surface area contributed by atoms with Crippen LogP contribution in [-0.2, 0) is 0 Å². The van der Waals surface area contributed by atoms with Gasteiger partial charge in [0, 0.05) is 6.54 Å². The zero-order chi connectivity index (χ0) is 12.3. The third-order valence-corrected chi connectivity index (χ3v) is 1.97. The number of carboxylic acid groups (broad SMARTS) is 1. The Morgan fingerprint density at radius 1 is 1.56 bits per heavy atom. The molecule has 1 aromatic heterocycles. The van der Waals surface area contributed by atoms with Crippen molar-refractivity contribution in [2.24, 2.45) is 5.41 Å². The molecule has 0 aliphatic heterocycles. The molecule has 0 aromatic carbocycles. The summed E-state index contributed by atoms with van der Waals surface area (Å²) in [6.07, 6.45) is 1.36. The van der Waals surface area contributed by atoms with Crippen molar-refractivity contribution in [3.8, 4) is 0 Å². The van der Waals surface area contributed by atoms with Crippen molar-refractivity contribution in [2.45, 2.75) is 20.8 Å². The van der Waals surface area contributed by atoms with E-state index < -0.39 is 5.97 Å². The van der Waals surface area contributed by atoms with Gasteiger partial charge < -0.3 is 16.2 Å². The molecule has 0 aliphatic carbocycles. The van der Waals surface area contributed by atoms with Crippen molar-refractivity contribution in [3.05, 3.63) is 17.8 Å². The summed E-state index contributed by atoms with van der Waals surface area (Å²) in [6, 6.07) is 1.45. The lowest BCUT2D eigenvalue weighted by Crippen LogP contribution is -2.20. The first-order chi connectivity index (χ1) is 7.29. The number of hydrogen-bond donors (Lipinski definition) is 3. The molecule has 88 valence electrons. The summed E-state index contributed by atoms with van der Waals surface area (Å²) in [5.74, 6) is -0.514. The SMILES string of the molecule is CC(C)(C)CNc1cc(C(=O)O)c(N)cn1. The molecule has 0 saturated heterocycles. The number of nitrogens with two attached hydrogens (primary N) is 1. The quantitative estimate of drug-likeness (QED) is 0.727. The zero-order valence-corrected chi connectivity index (χ0v) is 9.74. The Morgan fingerprint density at radius 2 is 2.19 bits per heavy atom. The third-order valence-electron chi connectivity index (χ3n) is 1.97. The maximum atomic E-state index is 10.8. The normalized spacial score (nSPS) is 11.2. The lowest BCUT2D eigenvalue weighted by molar-refractivity contribution is 0.0698. The van der Waals surface area contributed by atoms with Crippen molar-refractivity contribution in [1.82, 2.24) is 4.98 Å². The molecule has 0 aliphatic rings. The van der Waals surface area contributed by atoms with Gasteiger partial charge in [-0.2, -0.15) is 0 Å². The van der Waals surface area contributed by atoms with Crippen LogP contribution >= 0.6 is 0 Å². The highest BCUT2D eigenvalue weighted by Gasteiger charge is 2.12. The van der Waals surface area contributed by atoms with E-state index in [0.717, 1.165) is 0 Å². The fourth-order valence-corrected chi connectivity index (χ4v) is 1.10. The van der Waals surface area contributed by atoms with Gasteiger partial charge in [0.1, 0.15) is 5.82 Å². The van der Waals surface area contributed by atoms with Crippen LogP contribution in [0.3, 0.4) is 0 Å². The number of aromatic carboxylic acids is 1. The molecule has 1 heterocycles. The average Bonchev–Trinajstić information content (AvgIpc) is 2.14. The second-order valence-corrected chi connectivity index (χ2v) is 4.88. The Labute approximate surface area is 94.7 Å². The van der Waals surface area contributed by atoms with E-state index in [1.807, 2.05) is 0 Å². The Bertz CT molecular complexity index is 397. The van der Waals surface area contributed by atoms with Crippen LogP contribution < -0.4 is 11.1 Å². The van der Waals surface area contributed by atoms with Crippen LogP contribution in [0.5, 0.6) is 0 Å². The van der Waals surface area contributed by atoms with Crippen LogP contribution in [0.1, 0.15) is 31.1 Å². The van der Waals surface area contributed by atoms with Gasteiger partial charge >= 0.3 is 5.97 Å².